The van der Waals surface area contributed by atoms with Crippen LogP contribution in [0.4, 0.5) is 0 Å². The van der Waals surface area contributed by atoms with E-state index in [2.05, 4.69) is 0 Å². The molecule has 1 aromatic carbocycles. The first kappa shape index (κ1) is 16.3. The summed E-state index contributed by atoms with van der Waals surface area (Å²) in [6.07, 6.45) is 2.81. The van der Waals surface area contributed by atoms with Crippen LogP contribution in [0.15, 0.2) is 24.3 Å². The average molecular weight is 313 g/mol. The Labute approximate surface area is 126 Å². The molecule has 1 aliphatic heterocycles. The van der Waals surface area contributed by atoms with Gasteiger partial charge in [0.2, 0.25) is 10.0 Å². The maximum absolute atomic E-state index is 11.7. The first-order chi connectivity index (χ1) is 9.86. The van der Waals surface area contributed by atoms with Crippen LogP contribution in [-0.2, 0) is 14.8 Å². The van der Waals surface area contributed by atoms with Crippen molar-refractivity contribution in [1.29, 1.82) is 0 Å². The molecule has 0 spiro atoms. The van der Waals surface area contributed by atoms with E-state index >= 15 is 0 Å². The summed E-state index contributed by atoms with van der Waals surface area (Å²) in [7, 11) is -1.58. The summed E-state index contributed by atoms with van der Waals surface area (Å²) in [5.41, 5.74) is 0.475. The van der Waals surface area contributed by atoms with Crippen molar-refractivity contribution in [1.82, 2.24) is 4.31 Å². The van der Waals surface area contributed by atoms with Crippen LogP contribution in [0, 0.1) is 6.92 Å². The molecule has 0 N–H and O–H groups in total. The van der Waals surface area contributed by atoms with Gasteiger partial charge in [0.1, 0.15) is 18.0 Å². The van der Waals surface area contributed by atoms with Gasteiger partial charge < -0.3 is 9.47 Å². The highest BCUT2D eigenvalue weighted by atomic mass is 32.2. The largest absolute Gasteiger partial charge is 0.490 e. The topological polar surface area (TPSA) is 55.8 Å². The van der Waals surface area contributed by atoms with E-state index in [4.69, 9.17) is 9.47 Å². The second-order valence-corrected chi connectivity index (χ2v) is 7.62. The Hall–Kier alpha value is -1.11. The number of benzene rings is 1. The molecule has 118 valence electrons. The maximum Gasteiger partial charge on any atom is 0.211 e. The van der Waals surface area contributed by atoms with Gasteiger partial charge in [0.25, 0.3) is 0 Å². The standard InChI is InChI=1S/C15H23NO4S/c1-13-7-4-5-8-14(13)20-12-15(19-2)9-6-10-16(11-15)21(3,17)18/h4-5,7-8H,6,9-12H2,1-3H3/t15-/m1/s1. The number of sulfonamides is 1. The average Bonchev–Trinajstić information content (AvgIpc) is 2.46. The van der Waals surface area contributed by atoms with Crippen LogP contribution < -0.4 is 4.74 Å². The molecule has 0 aromatic heterocycles. The fourth-order valence-electron chi connectivity index (χ4n) is 2.61. The summed E-state index contributed by atoms with van der Waals surface area (Å²) < 4.78 is 36.5. The summed E-state index contributed by atoms with van der Waals surface area (Å²) >= 11 is 0. The normalized spacial score (nSPS) is 24.0. The molecule has 1 fully saturated rings. The molecule has 1 aromatic rings. The fraction of sp³-hybridized carbons (Fsp3) is 0.600. The third-order valence-electron chi connectivity index (χ3n) is 3.99. The lowest BCUT2D eigenvalue weighted by atomic mass is 9.95. The second-order valence-electron chi connectivity index (χ2n) is 5.64. The quantitative estimate of drug-likeness (QED) is 0.832. The third kappa shape index (κ3) is 3.96. The molecule has 0 unspecified atom stereocenters. The van der Waals surface area contributed by atoms with Gasteiger partial charge in [-0.15, -0.1) is 0 Å². The van der Waals surface area contributed by atoms with Crippen LogP contribution in [0.3, 0.4) is 0 Å². The smallest absolute Gasteiger partial charge is 0.211 e. The number of rotatable bonds is 5. The van der Waals surface area contributed by atoms with E-state index in [9.17, 15) is 8.42 Å². The Balaban J connectivity index is 2.09. The van der Waals surface area contributed by atoms with Gasteiger partial charge in [0.05, 0.1) is 6.26 Å². The number of para-hydroxylation sites is 1. The lowest BCUT2D eigenvalue weighted by molar-refractivity contribution is -0.0746. The van der Waals surface area contributed by atoms with E-state index in [0.29, 0.717) is 19.7 Å². The van der Waals surface area contributed by atoms with Gasteiger partial charge in [0, 0.05) is 20.2 Å². The van der Waals surface area contributed by atoms with E-state index in [-0.39, 0.29) is 0 Å². The van der Waals surface area contributed by atoms with Crippen molar-refractivity contribution in [2.75, 3.05) is 33.1 Å². The molecule has 0 radical (unpaired) electrons. The Kier molecular flexibility index (Phi) is 4.91. The van der Waals surface area contributed by atoms with Crippen molar-refractivity contribution in [3.8, 4) is 5.75 Å². The number of nitrogens with zero attached hydrogens (tertiary/aromatic N) is 1. The SMILES string of the molecule is CO[C@]1(COc2ccccc2C)CCCN(S(C)(=O)=O)C1. The molecule has 1 saturated heterocycles. The van der Waals surface area contributed by atoms with Gasteiger partial charge in [0.15, 0.2) is 0 Å². The van der Waals surface area contributed by atoms with E-state index < -0.39 is 15.6 Å². The van der Waals surface area contributed by atoms with Crippen LogP contribution in [0.2, 0.25) is 0 Å². The van der Waals surface area contributed by atoms with Gasteiger partial charge >= 0.3 is 0 Å². The third-order valence-corrected chi connectivity index (χ3v) is 5.24. The Morgan fingerprint density at radius 2 is 2.05 bits per heavy atom. The highest BCUT2D eigenvalue weighted by Gasteiger charge is 2.39. The van der Waals surface area contributed by atoms with Gasteiger partial charge in [-0.25, -0.2) is 8.42 Å². The fourth-order valence-corrected chi connectivity index (χ4v) is 3.54. The highest BCUT2D eigenvalue weighted by Crippen LogP contribution is 2.28. The molecular weight excluding hydrogens is 290 g/mol. The van der Waals surface area contributed by atoms with Crippen molar-refractivity contribution >= 4 is 10.0 Å². The molecule has 0 amide bonds. The predicted molar refractivity (Wildman–Crippen MR) is 82.1 cm³/mol. The van der Waals surface area contributed by atoms with Gasteiger partial charge in [-0.2, -0.15) is 4.31 Å². The van der Waals surface area contributed by atoms with Crippen LogP contribution in [0.25, 0.3) is 0 Å². The Morgan fingerprint density at radius 3 is 2.67 bits per heavy atom. The molecule has 0 aliphatic carbocycles. The highest BCUT2D eigenvalue weighted by molar-refractivity contribution is 7.88. The van der Waals surface area contributed by atoms with Gasteiger partial charge in [-0.05, 0) is 31.4 Å². The van der Waals surface area contributed by atoms with Crippen LogP contribution in [-0.4, -0.2) is 51.4 Å². The molecule has 1 heterocycles. The van der Waals surface area contributed by atoms with E-state index in [1.807, 2.05) is 31.2 Å². The summed E-state index contributed by atoms with van der Waals surface area (Å²) in [4.78, 5) is 0. The van der Waals surface area contributed by atoms with Gasteiger partial charge in [-0.1, -0.05) is 18.2 Å². The minimum Gasteiger partial charge on any atom is -0.490 e. The molecule has 1 atom stereocenters. The Morgan fingerprint density at radius 1 is 1.33 bits per heavy atom. The first-order valence-electron chi connectivity index (χ1n) is 7.05. The van der Waals surface area contributed by atoms with Gasteiger partial charge in [-0.3, -0.25) is 0 Å². The van der Waals surface area contributed by atoms with Crippen molar-refractivity contribution in [2.24, 2.45) is 0 Å². The molecule has 5 nitrogen and oxygen atoms in total. The number of aryl methyl sites for hydroxylation is 1. The van der Waals surface area contributed by atoms with Crippen molar-refractivity contribution < 1.29 is 17.9 Å². The summed E-state index contributed by atoms with van der Waals surface area (Å²) in [5, 5.41) is 0. The number of hydrogen-bond donors (Lipinski definition) is 0. The van der Waals surface area contributed by atoms with Crippen LogP contribution in [0.1, 0.15) is 18.4 Å². The molecule has 0 bridgehead atoms. The zero-order chi connectivity index (χ0) is 15.5. The summed E-state index contributed by atoms with van der Waals surface area (Å²) in [5.74, 6) is 0.811. The van der Waals surface area contributed by atoms with Crippen molar-refractivity contribution in [3.05, 3.63) is 29.8 Å². The van der Waals surface area contributed by atoms with E-state index in [0.717, 1.165) is 24.2 Å². The minimum atomic E-state index is -3.20. The number of hydrogen-bond acceptors (Lipinski definition) is 4. The molecule has 21 heavy (non-hydrogen) atoms. The van der Waals surface area contributed by atoms with Crippen molar-refractivity contribution in [2.45, 2.75) is 25.4 Å². The van der Waals surface area contributed by atoms with E-state index in [1.54, 1.807) is 7.11 Å². The van der Waals surface area contributed by atoms with Crippen molar-refractivity contribution in [3.63, 3.8) is 0 Å². The molecular formula is C15H23NO4S. The molecule has 0 saturated carbocycles. The zero-order valence-corrected chi connectivity index (χ0v) is 13.6. The lowest BCUT2D eigenvalue weighted by Gasteiger charge is -2.40. The minimum absolute atomic E-state index is 0.341. The predicted octanol–water partition coefficient (Wildman–Crippen LogP) is 1.81. The van der Waals surface area contributed by atoms with Crippen LogP contribution in [0.5, 0.6) is 5.75 Å². The zero-order valence-electron chi connectivity index (χ0n) is 12.8. The number of methoxy groups -OCH3 is 1. The number of piperidine rings is 1. The summed E-state index contributed by atoms with van der Waals surface area (Å²) in [6.45, 7) is 3.22. The van der Waals surface area contributed by atoms with Crippen LogP contribution >= 0.6 is 0 Å². The Bertz CT molecular complexity index is 587. The molecule has 1 aliphatic rings. The van der Waals surface area contributed by atoms with E-state index in [1.165, 1.54) is 10.6 Å². The number of ether oxygens (including phenoxy) is 2. The monoisotopic (exact) mass is 313 g/mol. The first-order valence-corrected chi connectivity index (χ1v) is 8.90. The lowest BCUT2D eigenvalue weighted by Crippen LogP contribution is -2.54. The second kappa shape index (κ2) is 6.34. The molecule has 6 heteroatoms. The summed E-state index contributed by atoms with van der Waals surface area (Å²) in [6, 6.07) is 7.78. The molecule has 2 rings (SSSR count). The maximum atomic E-state index is 11.7.